The van der Waals surface area contributed by atoms with E-state index >= 15 is 0 Å². The van der Waals surface area contributed by atoms with Crippen LogP contribution in [-0.2, 0) is 10.8 Å². The molecule has 0 atom stereocenters. The molecule has 41 heavy (non-hydrogen) atoms. The molecule has 0 spiro atoms. The zero-order valence-electron chi connectivity index (χ0n) is 25.5. The number of azo groups is 2. The summed E-state index contributed by atoms with van der Waals surface area (Å²) in [6.45, 7) is 14.9. The summed E-state index contributed by atoms with van der Waals surface area (Å²) < 4.78 is 7.75. The molecule has 10 heteroatoms. The van der Waals surface area contributed by atoms with Gasteiger partial charge in [-0.15, -0.1) is 20.5 Å². The van der Waals surface area contributed by atoms with Crippen LogP contribution in [0.25, 0.3) is 9.53 Å². The zero-order valence-corrected chi connectivity index (χ0v) is 28.1. The van der Waals surface area contributed by atoms with Crippen molar-refractivity contribution in [3.63, 3.8) is 0 Å². The maximum Gasteiger partial charge on any atom is 0.231 e. The molecule has 0 saturated heterocycles. The van der Waals surface area contributed by atoms with Gasteiger partial charge in [-0.2, -0.15) is 0 Å². The van der Waals surface area contributed by atoms with Gasteiger partial charge in [0, 0.05) is 26.4 Å². The van der Waals surface area contributed by atoms with Crippen molar-refractivity contribution in [3.05, 3.63) is 60.2 Å². The number of thiazole rings is 1. The second-order valence-electron chi connectivity index (χ2n) is 11.5. The highest BCUT2D eigenvalue weighted by molar-refractivity contribution is 7.30. The first-order chi connectivity index (χ1) is 19.6. The number of aryl methyl sites for hydroxylation is 1. The first-order valence-electron chi connectivity index (χ1n) is 14.3. The predicted octanol–water partition coefficient (Wildman–Crippen LogP) is 11.4. The third-order valence-corrected chi connectivity index (χ3v) is 15.6. The smallest absolute Gasteiger partial charge is 0.231 e. The second kappa shape index (κ2) is 13.9. The van der Waals surface area contributed by atoms with Gasteiger partial charge in [0.25, 0.3) is 0 Å². The van der Waals surface area contributed by atoms with Gasteiger partial charge in [0.05, 0.1) is 16.1 Å². The monoisotopic (exact) mass is 606 g/mol. The van der Waals surface area contributed by atoms with Crippen molar-refractivity contribution in [3.8, 4) is 0 Å². The maximum atomic E-state index is 6.71. The molecule has 0 N–H and O–H groups in total. The van der Waals surface area contributed by atoms with Gasteiger partial charge in [-0.1, -0.05) is 76.3 Å². The van der Waals surface area contributed by atoms with Crippen LogP contribution in [-0.4, -0.2) is 34.0 Å². The molecule has 0 aliphatic rings. The SMILES string of the molecule is CC(C)[Si](OCCCc1ccc(N=Nc2cc3sc(N=Nc4ccc(N(C)C)cc4)nc3s2)cc1)(C(C)C)C(C)C. The van der Waals surface area contributed by atoms with E-state index in [0.29, 0.717) is 21.8 Å². The van der Waals surface area contributed by atoms with Crippen LogP contribution in [0.15, 0.2) is 75.1 Å². The number of rotatable bonds is 13. The van der Waals surface area contributed by atoms with E-state index in [-0.39, 0.29) is 0 Å². The molecule has 0 aliphatic carbocycles. The molecule has 4 aromatic rings. The van der Waals surface area contributed by atoms with E-state index in [2.05, 4.69) is 84.0 Å². The van der Waals surface area contributed by atoms with Gasteiger partial charge in [-0.25, -0.2) is 4.98 Å². The summed E-state index contributed by atoms with van der Waals surface area (Å²) in [5, 5.41) is 19.0. The quantitative estimate of drug-likeness (QED) is 0.0863. The van der Waals surface area contributed by atoms with E-state index in [1.54, 1.807) is 0 Å². The molecule has 2 aromatic heterocycles. The molecule has 0 fully saturated rings. The van der Waals surface area contributed by atoms with Crippen LogP contribution >= 0.6 is 22.7 Å². The minimum Gasteiger partial charge on any atom is -0.416 e. The number of thiophene rings is 1. The fraction of sp³-hybridized carbons (Fsp3) is 0.452. The Morgan fingerprint density at radius 3 is 1.93 bits per heavy atom. The van der Waals surface area contributed by atoms with Crippen molar-refractivity contribution in [2.24, 2.45) is 20.5 Å². The van der Waals surface area contributed by atoms with Crippen LogP contribution in [0, 0.1) is 0 Å². The topological polar surface area (TPSA) is 74.8 Å². The van der Waals surface area contributed by atoms with Crippen molar-refractivity contribution in [2.45, 2.75) is 71.0 Å². The van der Waals surface area contributed by atoms with Crippen LogP contribution in [0.2, 0.25) is 16.6 Å². The Hall–Kier alpha value is -2.79. The van der Waals surface area contributed by atoms with Crippen LogP contribution in [0.5, 0.6) is 0 Å². The molecule has 0 radical (unpaired) electrons. The highest BCUT2D eigenvalue weighted by Crippen LogP contribution is 2.42. The Labute approximate surface area is 253 Å². The standard InChI is InChI=1S/C31H42N6OS2Si/c1-21(2)41(22(3)4,23(5)6)38-19-9-10-24-11-13-25(14-12-24)33-35-29-20-28-30(40-29)32-31(39-28)36-34-26-15-17-27(18-16-26)37(7)8/h11-18,20-23H,9-10,19H2,1-8H3. The molecular weight excluding hydrogens is 565 g/mol. The van der Waals surface area contributed by atoms with Crippen LogP contribution in [0.4, 0.5) is 27.2 Å². The summed E-state index contributed by atoms with van der Waals surface area (Å²) in [7, 11) is 2.23. The molecule has 0 amide bonds. The van der Waals surface area contributed by atoms with Gasteiger partial charge in [-0.05, 0) is 77.5 Å². The summed E-state index contributed by atoms with van der Waals surface area (Å²) in [6, 6.07) is 18.3. The number of fused-ring (bicyclic) bond motifs is 1. The van der Waals surface area contributed by atoms with Crippen LogP contribution in [0.1, 0.15) is 53.5 Å². The lowest BCUT2D eigenvalue weighted by Crippen LogP contribution is -2.48. The molecule has 2 aromatic carbocycles. The summed E-state index contributed by atoms with van der Waals surface area (Å²) in [6.07, 6.45) is 2.04. The molecule has 0 saturated carbocycles. The lowest BCUT2D eigenvalue weighted by atomic mass is 10.1. The van der Waals surface area contributed by atoms with E-state index in [1.165, 1.54) is 28.2 Å². The van der Waals surface area contributed by atoms with E-state index in [9.17, 15) is 0 Å². The predicted molar refractivity (Wildman–Crippen MR) is 178 cm³/mol. The highest BCUT2D eigenvalue weighted by Gasteiger charge is 2.44. The van der Waals surface area contributed by atoms with Gasteiger partial charge >= 0.3 is 0 Å². The van der Waals surface area contributed by atoms with Crippen molar-refractivity contribution in [1.82, 2.24) is 4.98 Å². The molecule has 2 heterocycles. The van der Waals surface area contributed by atoms with Gasteiger partial charge in [-0.3, -0.25) is 0 Å². The number of hydrogen-bond acceptors (Lipinski definition) is 9. The van der Waals surface area contributed by atoms with E-state index in [4.69, 9.17) is 4.43 Å². The first kappa shape index (κ1) is 31.1. The Bertz CT molecular complexity index is 1400. The zero-order chi connectivity index (χ0) is 29.6. The van der Waals surface area contributed by atoms with E-state index in [0.717, 1.165) is 51.0 Å². The molecule has 7 nitrogen and oxygen atoms in total. The van der Waals surface area contributed by atoms with Gasteiger partial charge < -0.3 is 9.33 Å². The maximum absolute atomic E-state index is 6.71. The largest absolute Gasteiger partial charge is 0.416 e. The molecule has 218 valence electrons. The number of benzene rings is 2. The summed E-state index contributed by atoms with van der Waals surface area (Å²) >= 11 is 3.02. The minimum atomic E-state index is -1.79. The average Bonchev–Trinajstić information content (AvgIpc) is 3.49. The summed E-state index contributed by atoms with van der Waals surface area (Å²) in [5.74, 6) is 0. The van der Waals surface area contributed by atoms with E-state index in [1.807, 2.05) is 56.6 Å². The summed E-state index contributed by atoms with van der Waals surface area (Å²) in [4.78, 5) is 7.55. The molecule has 0 aliphatic heterocycles. The Morgan fingerprint density at radius 1 is 0.780 bits per heavy atom. The van der Waals surface area contributed by atoms with Gasteiger partial charge in [0.15, 0.2) is 8.32 Å². The Morgan fingerprint density at radius 2 is 1.37 bits per heavy atom. The van der Waals surface area contributed by atoms with Gasteiger partial charge in [0.2, 0.25) is 5.13 Å². The van der Waals surface area contributed by atoms with Crippen LogP contribution in [0.3, 0.4) is 0 Å². The van der Waals surface area contributed by atoms with Crippen molar-refractivity contribution < 1.29 is 4.43 Å². The van der Waals surface area contributed by atoms with Crippen molar-refractivity contribution >= 4 is 67.7 Å². The lowest BCUT2D eigenvalue weighted by Gasteiger charge is -2.42. The molecule has 4 rings (SSSR count). The first-order valence-corrected chi connectivity index (χ1v) is 18.1. The van der Waals surface area contributed by atoms with Crippen molar-refractivity contribution in [1.29, 1.82) is 0 Å². The highest BCUT2D eigenvalue weighted by atomic mass is 32.1. The lowest BCUT2D eigenvalue weighted by molar-refractivity contribution is 0.272. The normalized spacial score (nSPS) is 12.8. The summed E-state index contributed by atoms with van der Waals surface area (Å²) in [5.41, 5.74) is 5.92. The second-order valence-corrected chi connectivity index (χ2v) is 19.0. The fourth-order valence-corrected chi connectivity index (χ4v) is 12.9. The average molecular weight is 607 g/mol. The Kier molecular flexibility index (Phi) is 10.6. The number of nitrogens with zero attached hydrogens (tertiary/aromatic N) is 6. The van der Waals surface area contributed by atoms with E-state index < -0.39 is 8.32 Å². The molecule has 0 bridgehead atoms. The van der Waals surface area contributed by atoms with Crippen molar-refractivity contribution in [2.75, 3.05) is 25.6 Å². The molecular formula is C31H42N6OS2Si. The van der Waals surface area contributed by atoms with Crippen LogP contribution < -0.4 is 4.90 Å². The number of aromatic nitrogens is 1. The number of anilines is 1. The Balaban J connectivity index is 1.29. The van der Waals surface area contributed by atoms with Gasteiger partial charge in [0.1, 0.15) is 9.83 Å². The minimum absolute atomic E-state index is 0.617. The third-order valence-electron chi connectivity index (χ3n) is 7.55. The third kappa shape index (κ3) is 7.74. The fourth-order valence-electron chi connectivity index (χ4n) is 5.58. The molecule has 0 unspecified atom stereocenters. The number of hydrogen-bond donors (Lipinski definition) is 0.